The predicted molar refractivity (Wildman–Crippen MR) is 75.2 cm³/mol. The maximum Gasteiger partial charge on any atom is 0.312 e. The molecule has 0 aliphatic rings. The quantitative estimate of drug-likeness (QED) is 0.493. The third-order valence-electron chi connectivity index (χ3n) is 2.55. The normalized spacial score (nSPS) is 10.1. The fourth-order valence-corrected chi connectivity index (χ4v) is 1.84. The highest BCUT2D eigenvalue weighted by Gasteiger charge is 2.26. The van der Waals surface area contributed by atoms with Gasteiger partial charge in [0.25, 0.3) is 0 Å². The number of hydrogen-bond acceptors (Lipinski definition) is 4. The minimum atomic E-state index is -0.584. The summed E-state index contributed by atoms with van der Waals surface area (Å²) in [7, 11) is 0. The number of halogens is 1. The first kappa shape index (κ1) is 14.0. The summed E-state index contributed by atoms with van der Waals surface area (Å²) in [6, 6.07) is 11.3. The molecule has 7 heteroatoms. The van der Waals surface area contributed by atoms with Crippen molar-refractivity contribution in [3.05, 3.63) is 58.8 Å². The summed E-state index contributed by atoms with van der Waals surface area (Å²) in [5.74, 6) is -0.836. The summed E-state index contributed by atoms with van der Waals surface area (Å²) in [5, 5.41) is 11.1. The molecule has 20 heavy (non-hydrogen) atoms. The molecule has 1 aromatic carbocycles. The molecule has 0 aliphatic carbocycles. The highest BCUT2D eigenvalue weighted by atomic mass is 35.5. The summed E-state index contributed by atoms with van der Waals surface area (Å²) in [6.07, 6.45) is 1.39. The molecule has 2 aromatic rings. The van der Waals surface area contributed by atoms with E-state index in [0.29, 0.717) is 5.69 Å². The molecule has 6 nitrogen and oxygen atoms in total. The minimum Gasteiger partial charge on any atom is -0.273 e. The van der Waals surface area contributed by atoms with Crippen molar-refractivity contribution < 1.29 is 9.72 Å². The Kier molecular flexibility index (Phi) is 4.27. The lowest BCUT2D eigenvalue weighted by atomic mass is 10.2. The molecule has 0 saturated carbocycles. The van der Waals surface area contributed by atoms with Crippen molar-refractivity contribution in [1.29, 1.82) is 0 Å². The Bertz CT molecular complexity index is 634. The van der Waals surface area contributed by atoms with Crippen LogP contribution in [0.3, 0.4) is 0 Å². The Morgan fingerprint density at radius 1 is 1.25 bits per heavy atom. The first-order chi connectivity index (χ1) is 9.65. The number of hydrogen-bond donors (Lipinski definition) is 0. The number of nitro groups is 1. The zero-order valence-corrected chi connectivity index (χ0v) is 11.0. The van der Waals surface area contributed by atoms with Gasteiger partial charge in [0.15, 0.2) is 0 Å². The maximum absolute atomic E-state index is 12.0. The van der Waals surface area contributed by atoms with E-state index in [2.05, 4.69) is 4.98 Å². The summed E-state index contributed by atoms with van der Waals surface area (Å²) in [5.41, 5.74) is 0.217. The Morgan fingerprint density at radius 3 is 2.55 bits per heavy atom. The summed E-state index contributed by atoms with van der Waals surface area (Å²) in [4.78, 5) is 27.6. The molecular weight excluding hydrogens is 282 g/mol. The van der Waals surface area contributed by atoms with Gasteiger partial charge in [-0.1, -0.05) is 18.2 Å². The lowest BCUT2D eigenvalue weighted by Gasteiger charge is -2.20. The number of nitrogens with zero attached hydrogens (tertiary/aromatic N) is 3. The molecule has 0 radical (unpaired) electrons. The topological polar surface area (TPSA) is 76.3 Å². The van der Waals surface area contributed by atoms with Gasteiger partial charge >= 0.3 is 5.69 Å². The molecule has 1 amide bonds. The van der Waals surface area contributed by atoms with Crippen molar-refractivity contribution in [2.75, 3.05) is 10.8 Å². The van der Waals surface area contributed by atoms with Gasteiger partial charge in [-0.25, -0.2) is 4.98 Å². The molecule has 0 N–H and O–H groups in total. The van der Waals surface area contributed by atoms with Crippen LogP contribution in [0, 0.1) is 10.1 Å². The van der Waals surface area contributed by atoms with Crippen LogP contribution < -0.4 is 4.90 Å². The standard InChI is InChI=1S/C13H10ClN3O3/c14-9-12(18)16(10-5-2-1-3-6-10)13-11(17(19)20)7-4-8-15-13/h1-8H,9H2. The molecule has 0 aliphatic heterocycles. The van der Waals surface area contributed by atoms with Crippen LogP contribution in [0.15, 0.2) is 48.7 Å². The van der Waals surface area contributed by atoms with Gasteiger partial charge in [0.1, 0.15) is 5.88 Å². The molecule has 2 rings (SSSR count). The van der Waals surface area contributed by atoms with Crippen molar-refractivity contribution in [2.45, 2.75) is 0 Å². The Balaban J connectivity index is 2.59. The van der Waals surface area contributed by atoms with Gasteiger partial charge in [-0.3, -0.25) is 19.8 Å². The van der Waals surface area contributed by atoms with Crippen LogP contribution in [-0.2, 0) is 4.79 Å². The minimum absolute atomic E-state index is 0.0469. The highest BCUT2D eigenvalue weighted by molar-refractivity contribution is 6.30. The number of benzene rings is 1. The zero-order valence-electron chi connectivity index (χ0n) is 10.3. The van der Waals surface area contributed by atoms with Crippen LogP contribution in [0.5, 0.6) is 0 Å². The van der Waals surface area contributed by atoms with Gasteiger partial charge in [-0.2, -0.15) is 0 Å². The molecule has 0 bridgehead atoms. The first-order valence-electron chi connectivity index (χ1n) is 5.68. The largest absolute Gasteiger partial charge is 0.312 e. The fourth-order valence-electron chi connectivity index (χ4n) is 1.72. The van der Waals surface area contributed by atoms with Crippen molar-refractivity contribution >= 4 is 34.7 Å². The van der Waals surface area contributed by atoms with Crippen molar-refractivity contribution in [3.8, 4) is 0 Å². The van der Waals surface area contributed by atoms with E-state index in [1.165, 1.54) is 18.3 Å². The molecule has 0 unspecified atom stereocenters. The van der Waals surface area contributed by atoms with Crippen molar-refractivity contribution in [3.63, 3.8) is 0 Å². The maximum atomic E-state index is 12.0. The average Bonchev–Trinajstić information content (AvgIpc) is 2.48. The fraction of sp³-hybridized carbons (Fsp3) is 0.0769. The number of amides is 1. The van der Waals surface area contributed by atoms with Gasteiger partial charge in [0.05, 0.1) is 10.6 Å². The lowest BCUT2D eigenvalue weighted by molar-refractivity contribution is -0.384. The Labute approximate surface area is 119 Å². The van der Waals surface area contributed by atoms with Gasteiger partial charge in [0.2, 0.25) is 11.7 Å². The monoisotopic (exact) mass is 291 g/mol. The second kappa shape index (κ2) is 6.12. The number of alkyl halides is 1. The van der Waals surface area contributed by atoms with E-state index in [1.807, 2.05) is 0 Å². The second-order valence-corrected chi connectivity index (χ2v) is 4.07. The number of carbonyl (C=O) groups excluding carboxylic acids is 1. The second-order valence-electron chi connectivity index (χ2n) is 3.80. The van der Waals surface area contributed by atoms with Crippen LogP contribution in [0.25, 0.3) is 0 Å². The van der Waals surface area contributed by atoms with Gasteiger partial charge in [0, 0.05) is 12.3 Å². The lowest BCUT2D eigenvalue weighted by Crippen LogP contribution is -2.28. The van der Waals surface area contributed by atoms with Crippen LogP contribution in [0.4, 0.5) is 17.2 Å². The van der Waals surface area contributed by atoms with Gasteiger partial charge in [-0.15, -0.1) is 11.6 Å². The number of rotatable bonds is 4. The third-order valence-corrected chi connectivity index (χ3v) is 2.78. The smallest absolute Gasteiger partial charge is 0.273 e. The van der Waals surface area contributed by atoms with Crippen LogP contribution in [-0.4, -0.2) is 21.7 Å². The van der Waals surface area contributed by atoms with Crippen LogP contribution in [0.2, 0.25) is 0 Å². The van der Waals surface area contributed by atoms with Crippen LogP contribution >= 0.6 is 11.6 Å². The number of anilines is 2. The predicted octanol–water partition coefficient (Wildman–Crippen LogP) is 2.89. The number of pyridine rings is 1. The van der Waals surface area contributed by atoms with E-state index in [4.69, 9.17) is 11.6 Å². The van der Waals surface area contributed by atoms with E-state index < -0.39 is 10.8 Å². The van der Waals surface area contributed by atoms with E-state index in [9.17, 15) is 14.9 Å². The number of carbonyl (C=O) groups is 1. The molecule has 0 spiro atoms. The third kappa shape index (κ3) is 2.75. The summed E-state index contributed by atoms with van der Waals surface area (Å²) in [6.45, 7) is 0. The van der Waals surface area contributed by atoms with Gasteiger partial charge < -0.3 is 0 Å². The Morgan fingerprint density at radius 2 is 1.95 bits per heavy atom. The number of para-hydroxylation sites is 1. The highest BCUT2D eigenvalue weighted by Crippen LogP contribution is 2.31. The van der Waals surface area contributed by atoms with Crippen molar-refractivity contribution in [1.82, 2.24) is 4.98 Å². The SMILES string of the molecule is O=C(CCl)N(c1ccccc1)c1ncccc1[N+](=O)[O-]. The Hall–Kier alpha value is -2.47. The summed E-state index contributed by atoms with van der Waals surface area (Å²) >= 11 is 5.59. The van der Waals surface area contributed by atoms with Crippen LogP contribution in [0.1, 0.15) is 0 Å². The average molecular weight is 292 g/mol. The van der Waals surface area contributed by atoms with E-state index in [0.717, 1.165) is 4.90 Å². The van der Waals surface area contributed by atoms with E-state index in [-0.39, 0.29) is 17.4 Å². The number of aromatic nitrogens is 1. The van der Waals surface area contributed by atoms with Crippen molar-refractivity contribution in [2.24, 2.45) is 0 Å². The summed E-state index contributed by atoms with van der Waals surface area (Å²) < 4.78 is 0. The molecular formula is C13H10ClN3O3. The molecule has 0 fully saturated rings. The molecule has 102 valence electrons. The zero-order chi connectivity index (χ0) is 14.5. The molecule has 0 saturated heterocycles. The van der Waals surface area contributed by atoms with Gasteiger partial charge in [-0.05, 0) is 18.2 Å². The molecule has 1 aromatic heterocycles. The van der Waals surface area contributed by atoms with E-state index in [1.54, 1.807) is 30.3 Å². The first-order valence-corrected chi connectivity index (χ1v) is 6.22. The molecule has 0 atom stereocenters. The molecule has 1 heterocycles. The van der Waals surface area contributed by atoms with E-state index >= 15 is 0 Å².